The van der Waals surface area contributed by atoms with Crippen molar-refractivity contribution in [1.29, 1.82) is 0 Å². The fourth-order valence-corrected chi connectivity index (χ4v) is 1.38. The minimum atomic E-state index is -0.349. The fourth-order valence-electron chi connectivity index (χ4n) is 1.38. The number of rotatable bonds is 7. The highest BCUT2D eigenvalue weighted by molar-refractivity contribution is 5.74. The van der Waals surface area contributed by atoms with E-state index in [1.807, 2.05) is 13.8 Å². The second kappa shape index (κ2) is 7.23. The van der Waals surface area contributed by atoms with Gasteiger partial charge in [0.25, 0.3) is 0 Å². The van der Waals surface area contributed by atoms with Crippen molar-refractivity contribution in [3.63, 3.8) is 0 Å². The summed E-state index contributed by atoms with van der Waals surface area (Å²) in [6.07, 6.45) is 0.574. The van der Waals surface area contributed by atoms with E-state index < -0.39 is 0 Å². The number of hydrogen-bond donors (Lipinski definition) is 2. The molecule has 1 amide bonds. The van der Waals surface area contributed by atoms with Crippen LogP contribution in [-0.4, -0.2) is 30.6 Å². The van der Waals surface area contributed by atoms with Crippen molar-refractivity contribution in [3.8, 4) is 0 Å². The molecule has 2 atom stereocenters. The van der Waals surface area contributed by atoms with Gasteiger partial charge >= 0.3 is 5.97 Å². The van der Waals surface area contributed by atoms with Crippen LogP contribution in [0.1, 0.15) is 33.6 Å². The molecular formula is C10H20N2O3. The van der Waals surface area contributed by atoms with Crippen LogP contribution in [-0.2, 0) is 14.3 Å². The highest BCUT2D eigenvalue weighted by Crippen LogP contribution is 1.98. The average Bonchev–Trinajstić information content (AvgIpc) is 2.00. The second-order valence-corrected chi connectivity index (χ2v) is 3.65. The molecular weight excluding hydrogens is 196 g/mol. The number of carbonyl (C=O) groups is 2. The minimum Gasteiger partial charge on any atom is -0.466 e. The maximum atomic E-state index is 11.1. The quantitative estimate of drug-likeness (QED) is 0.595. The molecule has 0 aliphatic carbocycles. The summed E-state index contributed by atoms with van der Waals surface area (Å²) in [7, 11) is 0. The van der Waals surface area contributed by atoms with Crippen LogP contribution in [0, 0.1) is 0 Å². The maximum absolute atomic E-state index is 11.1. The Morgan fingerprint density at radius 1 is 1.27 bits per heavy atom. The van der Waals surface area contributed by atoms with Gasteiger partial charge < -0.3 is 15.8 Å². The summed E-state index contributed by atoms with van der Waals surface area (Å²) in [6.45, 7) is 5.88. The highest BCUT2D eigenvalue weighted by Gasteiger charge is 2.13. The van der Waals surface area contributed by atoms with E-state index >= 15 is 0 Å². The number of nitrogens with one attached hydrogen (secondary N) is 1. The van der Waals surface area contributed by atoms with Crippen molar-refractivity contribution in [1.82, 2.24) is 5.32 Å². The molecule has 3 N–H and O–H groups in total. The van der Waals surface area contributed by atoms with Crippen LogP contribution in [0.4, 0.5) is 0 Å². The number of esters is 1. The van der Waals surface area contributed by atoms with Crippen molar-refractivity contribution >= 4 is 11.9 Å². The molecule has 0 saturated heterocycles. The third-order valence-corrected chi connectivity index (χ3v) is 1.85. The van der Waals surface area contributed by atoms with E-state index in [-0.39, 0.29) is 30.4 Å². The first-order valence-electron chi connectivity index (χ1n) is 5.15. The summed E-state index contributed by atoms with van der Waals surface area (Å²) in [6, 6.07) is -0.0367. The molecule has 0 rings (SSSR count). The van der Waals surface area contributed by atoms with Crippen molar-refractivity contribution in [2.45, 2.75) is 45.7 Å². The van der Waals surface area contributed by atoms with Gasteiger partial charge in [0, 0.05) is 18.5 Å². The summed E-state index contributed by atoms with van der Waals surface area (Å²) in [4.78, 5) is 21.7. The third kappa shape index (κ3) is 7.93. The summed E-state index contributed by atoms with van der Waals surface area (Å²) in [5, 5.41) is 3.10. The summed E-state index contributed by atoms with van der Waals surface area (Å²) >= 11 is 0. The molecule has 0 aromatic rings. The molecule has 0 saturated carbocycles. The molecule has 0 bridgehead atoms. The Morgan fingerprint density at radius 2 is 1.80 bits per heavy atom. The summed E-state index contributed by atoms with van der Waals surface area (Å²) in [5.74, 6) is -0.581. The van der Waals surface area contributed by atoms with Crippen molar-refractivity contribution < 1.29 is 14.3 Å². The molecule has 0 radical (unpaired) electrons. The SMILES string of the molecule is CCOC(=O)CC(C)NC(C)CC(N)=O. The molecule has 0 heterocycles. The number of ether oxygens (including phenoxy) is 1. The zero-order chi connectivity index (χ0) is 11.8. The normalized spacial score (nSPS) is 14.3. The summed E-state index contributed by atoms with van der Waals surface area (Å²) < 4.78 is 4.80. The number of primary amides is 1. The van der Waals surface area contributed by atoms with E-state index in [1.165, 1.54) is 0 Å². The Labute approximate surface area is 90.4 Å². The van der Waals surface area contributed by atoms with Gasteiger partial charge in [0.05, 0.1) is 13.0 Å². The second-order valence-electron chi connectivity index (χ2n) is 3.65. The lowest BCUT2D eigenvalue weighted by Crippen LogP contribution is -2.38. The van der Waals surface area contributed by atoms with Gasteiger partial charge in [-0.15, -0.1) is 0 Å². The highest BCUT2D eigenvalue weighted by atomic mass is 16.5. The zero-order valence-corrected chi connectivity index (χ0v) is 9.58. The first kappa shape index (κ1) is 13.9. The lowest BCUT2D eigenvalue weighted by molar-refractivity contribution is -0.143. The van der Waals surface area contributed by atoms with Gasteiger partial charge in [0.15, 0.2) is 0 Å². The smallest absolute Gasteiger partial charge is 0.307 e. The number of nitrogens with two attached hydrogens (primary N) is 1. The van der Waals surface area contributed by atoms with Crippen LogP contribution in [0.5, 0.6) is 0 Å². The minimum absolute atomic E-state index is 0.0154. The number of carbonyl (C=O) groups excluding carboxylic acids is 2. The molecule has 0 fully saturated rings. The zero-order valence-electron chi connectivity index (χ0n) is 9.58. The van der Waals surface area contributed by atoms with Crippen molar-refractivity contribution in [2.24, 2.45) is 5.73 Å². The first-order chi connectivity index (χ1) is 6.95. The van der Waals surface area contributed by atoms with E-state index in [0.29, 0.717) is 13.0 Å². The van der Waals surface area contributed by atoms with Crippen molar-refractivity contribution in [3.05, 3.63) is 0 Å². The van der Waals surface area contributed by atoms with Crippen molar-refractivity contribution in [2.75, 3.05) is 6.61 Å². The van der Waals surface area contributed by atoms with Crippen LogP contribution in [0.25, 0.3) is 0 Å². The van der Waals surface area contributed by atoms with E-state index in [4.69, 9.17) is 10.5 Å². The van der Waals surface area contributed by atoms with Gasteiger partial charge in [-0.2, -0.15) is 0 Å². The van der Waals surface area contributed by atoms with Gasteiger partial charge in [-0.3, -0.25) is 9.59 Å². The third-order valence-electron chi connectivity index (χ3n) is 1.85. The Morgan fingerprint density at radius 3 is 2.27 bits per heavy atom. The lowest BCUT2D eigenvalue weighted by atomic mass is 10.1. The molecule has 0 aromatic heterocycles. The van der Waals surface area contributed by atoms with Crippen LogP contribution in [0.15, 0.2) is 0 Å². The van der Waals surface area contributed by atoms with Gasteiger partial charge in [0.2, 0.25) is 5.91 Å². The first-order valence-corrected chi connectivity index (χ1v) is 5.15. The van der Waals surface area contributed by atoms with Crippen LogP contribution < -0.4 is 11.1 Å². The Hall–Kier alpha value is -1.10. The molecule has 0 aliphatic heterocycles. The standard InChI is InChI=1S/C10H20N2O3/c1-4-15-10(14)6-8(3)12-7(2)5-9(11)13/h7-8,12H,4-6H2,1-3H3,(H2,11,13). The van der Waals surface area contributed by atoms with Gasteiger partial charge in [-0.25, -0.2) is 0 Å². The largest absolute Gasteiger partial charge is 0.466 e. The number of hydrogen-bond acceptors (Lipinski definition) is 4. The van der Waals surface area contributed by atoms with Crippen LogP contribution in [0.3, 0.4) is 0 Å². The molecule has 88 valence electrons. The summed E-state index contributed by atoms with van der Waals surface area (Å²) in [5.41, 5.74) is 5.05. The topological polar surface area (TPSA) is 81.4 Å². The maximum Gasteiger partial charge on any atom is 0.307 e. The molecule has 5 nitrogen and oxygen atoms in total. The van der Waals surface area contributed by atoms with Gasteiger partial charge in [-0.05, 0) is 20.8 Å². The van der Waals surface area contributed by atoms with E-state index in [2.05, 4.69) is 5.32 Å². The lowest BCUT2D eigenvalue weighted by Gasteiger charge is -2.18. The van der Waals surface area contributed by atoms with Gasteiger partial charge in [-0.1, -0.05) is 0 Å². The van der Waals surface area contributed by atoms with Crippen LogP contribution in [0.2, 0.25) is 0 Å². The number of amides is 1. The van der Waals surface area contributed by atoms with Gasteiger partial charge in [0.1, 0.15) is 0 Å². The fraction of sp³-hybridized carbons (Fsp3) is 0.800. The Bertz CT molecular complexity index is 219. The average molecular weight is 216 g/mol. The van der Waals surface area contributed by atoms with E-state index in [0.717, 1.165) is 0 Å². The monoisotopic (exact) mass is 216 g/mol. The molecule has 15 heavy (non-hydrogen) atoms. The molecule has 0 spiro atoms. The predicted molar refractivity (Wildman–Crippen MR) is 57.1 cm³/mol. The Balaban J connectivity index is 3.77. The van der Waals surface area contributed by atoms with E-state index in [9.17, 15) is 9.59 Å². The van der Waals surface area contributed by atoms with E-state index in [1.54, 1.807) is 6.92 Å². The molecule has 0 aromatic carbocycles. The molecule has 2 unspecified atom stereocenters. The predicted octanol–water partition coefficient (Wildman–Crippen LogP) is 0.182. The molecule has 5 heteroatoms. The Kier molecular flexibility index (Phi) is 6.70. The molecule has 0 aliphatic rings. The van der Waals surface area contributed by atoms with Crippen LogP contribution >= 0.6 is 0 Å².